The van der Waals surface area contributed by atoms with Gasteiger partial charge in [0.25, 0.3) is 0 Å². The Labute approximate surface area is 102 Å². The molecule has 0 aliphatic heterocycles. The second-order valence-corrected chi connectivity index (χ2v) is 3.88. The van der Waals surface area contributed by atoms with Crippen molar-refractivity contribution < 1.29 is 18.7 Å². The molecule has 6 heteroatoms. The molecule has 0 fully saturated rings. The summed E-state index contributed by atoms with van der Waals surface area (Å²) >= 11 is 5.61. The summed E-state index contributed by atoms with van der Waals surface area (Å²) in [6.45, 7) is -0.00105. The summed E-state index contributed by atoms with van der Waals surface area (Å²) in [5.41, 5.74) is -0.220. The summed E-state index contributed by atoms with van der Waals surface area (Å²) in [5.74, 6) is -2.14. The Kier molecular flexibility index (Phi) is 5.31. The number of anilines is 1. The van der Waals surface area contributed by atoms with Gasteiger partial charge in [-0.05, 0) is 18.9 Å². The fraction of sp³-hybridized carbons (Fsp3) is 0.364. The lowest BCUT2D eigenvalue weighted by molar-refractivity contribution is -0.116. The molecule has 0 heterocycles. The molecule has 0 saturated carbocycles. The van der Waals surface area contributed by atoms with Gasteiger partial charge in [-0.1, -0.05) is 11.6 Å². The summed E-state index contributed by atoms with van der Waals surface area (Å²) in [5, 5.41) is 10.6. The van der Waals surface area contributed by atoms with Gasteiger partial charge in [0.1, 0.15) is 5.82 Å². The summed E-state index contributed by atoms with van der Waals surface area (Å²) in [6.07, 6.45) is 1.13. The molecule has 0 spiro atoms. The fourth-order valence-corrected chi connectivity index (χ4v) is 1.50. The predicted octanol–water partition coefficient (Wildman–Crippen LogP) is 2.72. The van der Waals surface area contributed by atoms with Crippen LogP contribution in [0.1, 0.15) is 19.3 Å². The van der Waals surface area contributed by atoms with Crippen molar-refractivity contribution in [2.45, 2.75) is 19.3 Å². The third-order valence-corrected chi connectivity index (χ3v) is 2.38. The summed E-state index contributed by atoms with van der Waals surface area (Å²) in [4.78, 5) is 11.4. The maximum absolute atomic E-state index is 13.3. The van der Waals surface area contributed by atoms with Crippen molar-refractivity contribution in [3.05, 3.63) is 28.8 Å². The maximum atomic E-state index is 13.3. The molecule has 1 rings (SSSR count). The van der Waals surface area contributed by atoms with E-state index in [1.807, 2.05) is 0 Å². The van der Waals surface area contributed by atoms with Crippen LogP contribution >= 0.6 is 11.6 Å². The Morgan fingerprint density at radius 2 is 2.06 bits per heavy atom. The number of rotatable bonds is 5. The largest absolute Gasteiger partial charge is 0.396 e. The van der Waals surface area contributed by atoms with Crippen LogP contribution in [0.4, 0.5) is 14.5 Å². The number of hydrogen-bond acceptors (Lipinski definition) is 2. The van der Waals surface area contributed by atoms with E-state index in [0.29, 0.717) is 18.9 Å². The number of benzene rings is 1. The molecule has 1 aromatic rings. The van der Waals surface area contributed by atoms with Gasteiger partial charge in [0.2, 0.25) is 5.91 Å². The van der Waals surface area contributed by atoms with Gasteiger partial charge in [-0.3, -0.25) is 4.79 Å². The highest BCUT2D eigenvalue weighted by Crippen LogP contribution is 2.26. The van der Waals surface area contributed by atoms with E-state index < -0.39 is 17.5 Å². The van der Waals surface area contributed by atoms with Gasteiger partial charge in [-0.2, -0.15) is 0 Å². The minimum absolute atomic E-state index is 0.00105. The molecule has 0 saturated heterocycles. The first-order chi connectivity index (χ1) is 8.04. The van der Waals surface area contributed by atoms with E-state index in [4.69, 9.17) is 16.7 Å². The molecule has 17 heavy (non-hydrogen) atoms. The standard InChI is InChI=1S/C11H12ClF2NO2/c12-8-5-7(13)6-9(14)11(8)15-10(17)3-1-2-4-16/h5-6,16H,1-4H2,(H,15,17). The smallest absolute Gasteiger partial charge is 0.224 e. The van der Waals surface area contributed by atoms with Crippen LogP contribution in [0.2, 0.25) is 5.02 Å². The van der Waals surface area contributed by atoms with Crippen molar-refractivity contribution in [2.24, 2.45) is 0 Å². The zero-order valence-electron chi connectivity index (χ0n) is 8.97. The lowest BCUT2D eigenvalue weighted by atomic mass is 10.2. The molecule has 0 aromatic heterocycles. The number of amides is 1. The first-order valence-electron chi connectivity index (χ1n) is 5.10. The van der Waals surface area contributed by atoms with Crippen LogP contribution in [0.5, 0.6) is 0 Å². The van der Waals surface area contributed by atoms with Crippen LogP contribution in [-0.2, 0) is 4.79 Å². The van der Waals surface area contributed by atoms with E-state index in [1.54, 1.807) is 0 Å². The Balaban J connectivity index is 2.65. The number of aliphatic hydroxyl groups is 1. The number of carbonyl (C=O) groups excluding carboxylic acids is 1. The fourth-order valence-electron chi connectivity index (χ4n) is 1.26. The second-order valence-electron chi connectivity index (χ2n) is 3.47. The van der Waals surface area contributed by atoms with Crippen molar-refractivity contribution in [1.29, 1.82) is 0 Å². The van der Waals surface area contributed by atoms with Gasteiger partial charge < -0.3 is 10.4 Å². The molecule has 0 bridgehead atoms. The second kappa shape index (κ2) is 6.51. The highest BCUT2D eigenvalue weighted by molar-refractivity contribution is 6.33. The van der Waals surface area contributed by atoms with E-state index in [2.05, 4.69) is 5.32 Å². The predicted molar refractivity (Wildman–Crippen MR) is 60.9 cm³/mol. The first kappa shape index (κ1) is 13.9. The summed E-state index contributed by atoms with van der Waals surface area (Å²) < 4.78 is 26.0. The highest BCUT2D eigenvalue weighted by Gasteiger charge is 2.12. The highest BCUT2D eigenvalue weighted by atomic mass is 35.5. The quantitative estimate of drug-likeness (QED) is 0.803. The number of hydrogen-bond donors (Lipinski definition) is 2. The number of unbranched alkanes of at least 4 members (excludes halogenated alkanes) is 1. The first-order valence-corrected chi connectivity index (χ1v) is 5.47. The third-order valence-electron chi connectivity index (χ3n) is 2.08. The molecule has 0 atom stereocenters. The van der Waals surface area contributed by atoms with Gasteiger partial charge >= 0.3 is 0 Å². The molecule has 1 amide bonds. The van der Waals surface area contributed by atoms with Crippen molar-refractivity contribution in [3.8, 4) is 0 Å². The lowest BCUT2D eigenvalue weighted by Gasteiger charge is -2.08. The number of aliphatic hydroxyl groups excluding tert-OH is 1. The minimum Gasteiger partial charge on any atom is -0.396 e. The van der Waals surface area contributed by atoms with Crippen molar-refractivity contribution in [3.63, 3.8) is 0 Å². The molecule has 3 nitrogen and oxygen atoms in total. The van der Waals surface area contributed by atoms with Crippen LogP contribution in [-0.4, -0.2) is 17.6 Å². The Hall–Kier alpha value is -1.20. The molecule has 1 aromatic carbocycles. The molecule has 0 radical (unpaired) electrons. The van der Waals surface area contributed by atoms with Crippen LogP contribution < -0.4 is 5.32 Å². The van der Waals surface area contributed by atoms with E-state index in [-0.39, 0.29) is 23.7 Å². The summed E-state index contributed by atoms with van der Waals surface area (Å²) in [7, 11) is 0. The Morgan fingerprint density at radius 1 is 1.35 bits per heavy atom. The van der Waals surface area contributed by atoms with E-state index in [9.17, 15) is 13.6 Å². The van der Waals surface area contributed by atoms with Crippen LogP contribution in [0.3, 0.4) is 0 Å². The zero-order chi connectivity index (χ0) is 12.8. The monoisotopic (exact) mass is 263 g/mol. The van der Waals surface area contributed by atoms with Crippen LogP contribution in [0.25, 0.3) is 0 Å². The molecule has 0 aliphatic rings. The SMILES string of the molecule is O=C(CCCCO)Nc1c(F)cc(F)cc1Cl. The Morgan fingerprint density at radius 3 is 2.65 bits per heavy atom. The van der Waals surface area contributed by atoms with Crippen LogP contribution in [0.15, 0.2) is 12.1 Å². The molecule has 0 unspecified atom stereocenters. The van der Waals surface area contributed by atoms with E-state index in [0.717, 1.165) is 6.07 Å². The lowest BCUT2D eigenvalue weighted by Crippen LogP contribution is -2.13. The van der Waals surface area contributed by atoms with E-state index >= 15 is 0 Å². The zero-order valence-corrected chi connectivity index (χ0v) is 9.73. The normalized spacial score (nSPS) is 10.4. The Bertz CT molecular complexity index is 389. The molecule has 2 N–H and O–H groups in total. The molecular weight excluding hydrogens is 252 g/mol. The summed E-state index contributed by atoms with van der Waals surface area (Å²) in [6, 6.07) is 1.57. The number of nitrogens with one attached hydrogen (secondary N) is 1. The van der Waals surface area contributed by atoms with Crippen molar-refractivity contribution in [1.82, 2.24) is 0 Å². The third kappa shape index (κ3) is 4.28. The molecule has 94 valence electrons. The van der Waals surface area contributed by atoms with E-state index in [1.165, 1.54) is 0 Å². The minimum atomic E-state index is -0.912. The van der Waals surface area contributed by atoms with Gasteiger partial charge in [0.05, 0.1) is 10.7 Å². The van der Waals surface area contributed by atoms with Gasteiger partial charge in [-0.15, -0.1) is 0 Å². The number of halogens is 3. The molecular formula is C11H12ClF2NO2. The van der Waals surface area contributed by atoms with Crippen molar-refractivity contribution >= 4 is 23.2 Å². The van der Waals surface area contributed by atoms with Gasteiger partial charge in [0, 0.05) is 19.1 Å². The number of carbonyl (C=O) groups is 1. The topological polar surface area (TPSA) is 49.3 Å². The maximum Gasteiger partial charge on any atom is 0.224 e. The van der Waals surface area contributed by atoms with Crippen molar-refractivity contribution in [2.75, 3.05) is 11.9 Å². The average molecular weight is 264 g/mol. The van der Waals surface area contributed by atoms with Crippen LogP contribution in [0, 0.1) is 11.6 Å². The average Bonchev–Trinajstić information content (AvgIpc) is 2.24. The van der Waals surface area contributed by atoms with Gasteiger partial charge in [0.15, 0.2) is 5.82 Å². The van der Waals surface area contributed by atoms with Gasteiger partial charge in [-0.25, -0.2) is 8.78 Å². The molecule has 0 aliphatic carbocycles.